The fraction of sp³-hybridized carbons (Fsp3) is 0.333. The molecule has 2 N–H and O–H groups in total. The number of benzene rings is 1. The number of aromatic amines is 1. The maximum absolute atomic E-state index is 12.4. The van der Waals surface area contributed by atoms with E-state index in [1.165, 1.54) is 13.3 Å². The van der Waals surface area contributed by atoms with Crippen LogP contribution in [0.1, 0.15) is 24.9 Å². The molecule has 1 unspecified atom stereocenters. The van der Waals surface area contributed by atoms with Crippen molar-refractivity contribution in [3.05, 3.63) is 62.9 Å². The molecule has 2 aromatic rings. The molecule has 2 rings (SSSR count). The summed E-state index contributed by atoms with van der Waals surface area (Å²) in [6.07, 6.45) is 1.15. The van der Waals surface area contributed by atoms with E-state index in [0.717, 1.165) is 10.6 Å². The number of hydrogen-bond acceptors (Lipinski definition) is 6. The van der Waals surface area contributed by atoms with Crippen molar-refractivity contribution < 1.29 is 19.1 Å². The highest BCUT2D eigenvalue weighted by Crippen LogP contribution is 2.22. The Morgan fingerprint density at radius 2 is 2.04 bits per heavy atom. The van der Waals surface area contributed by atoms with Crippen LogP contribution in [-0.4, -0.2) is 35.1 Å². The summed E-state index contributed by atoms with van der Waals surface area (Å²) in [5.41, 5.74) is -0.584. The first-order chi connectivity index (χ1) is 12.9. The van der Waals surface area contributed by atoms with E-state index in [0.29, 0.717) is 11.3 Å². The number of nitrogens with zero attached hydrogens (tertiary/aromatic N) is 1. The third kappa shape index (κ3) is 5.84. The molecule has 9 nitrogen and oxygen atoms in total. The maximum atomic E-state index is 12.4. The standard InChI is InChI=1S/C18H21N3O6/c1-3-27-17(24)10-14(12-5-4-6-13(9-12)26-2)19-16(23)11-21-8-7-15(22)20-18(21)25/h4-9,14H,3,10-11H2,1-2H3,(H,19,23)(H,20,22,25). The summed E-state index contributed by atoms with van der Waals surface area (Å²) < 4.78 is 11.2. The third-order valence-corrected chi connectivity index (χ3v) is 3.72. The van der Waals surface area contributed by atoms with Crippen LogP contribution in [0.2, 0.25) is 0 Å². The Bertz CT molecular complexity index is 918. The number of rotatable bonds is 8. The van der Waals surface area contributed by atoms with Gasteiger partial charge in [-0.15, -0.1) is 0 Å². The minimum absolute atomic E-state index is 0.0761. The lowest BCUT2D eigenvalue weighted by atomic mass is 10.0. The SMILES string of the molecule is CCOC(=O)CC(NC(=O)Cn1ccc(=O)[nH]c1=O)c1cccc(OC)c1. The van der Waals surface area contributed by atoms with Gasteiger partial charge in [0.15, 0.2) is 0 Å². The van der Waals surface area contributed by atoms with Crippen molar-refractivity contribution >= 4 is 11.9 Å². The van der Waals surface area contributed by atoms with Crippen molar-refractivity contribution in [2.45, 2.75) is 25.9 Å². The third-order valence-electron chi connectivity index (χ3n) is 3.72. The summed E-state index contributed by atoms with van der Waals surface area (Å²) >= 11 is 0. The second kappa shape index (κ2) is 9.37. The van der Waals surface area contributed by atoms with Crippen molar-refractivity contribution in [3.63, 3.8) is 0 Å². The molecule has 1 heterocycles. The number of nitrogens with one attached hydrogen (secondary N) is 2. The number of amides is 1. The molecule has 1 atom stereocenters. The van der Waals surface area contributed by atoms with E-state index in [4.69, 9.17) is 9.47 Å². The van der Waals surface area contributed by atoms with Crippen LogP contribution in [0.5, 0.6) is 5.75 Å². The molecule has 27 heavy (non-hydrogen) atoms. The van der Waals surface area contributed by atoms with E-state index < -0.39 is 29.2 Å². The Morgan fingerprint density at radius 3 is 2.70 bits per heavy atom. The average molecular weight is 375 g/mol. The lowest BCUT2D eigenvalue weighted by Crippen LogP contribution is -2.37. The number of ether oxygens (including phenoxy) is 2. The Kier molecular flexibility index (Phi) is 6.93. The number of aromatic nitrogens is 2. The molecule has 9 heteroatoms. The Labute approximate surface area is 154 Å². The zero-order valence-corrected chi connectivity index (χ0v) is 15.1. The number of hydrogen-bond donors (Lipinski definition) is 2. The first-order valence-corrected chi connectivity index (χ1v) is 8.31. The van der Waals surface area contributed by atoms with Crippen LogP contribution in [0.4, 0.5) is 0 Å². The van der Waals surface area contributed by atoms with Gasteiger partial charge >= 0.3 is 11.7 Å². The molecule has 0 saturated heterocycles. The molecular weight excluding hydrogens is 354 g/mol. The molecule has 1 aromatic carbocycles. The van der Waals surface area contributed by atoms with Crippen LogP contribution in [0, 0.1) is 0 Å². The monoisotopic (exact) mass is 375 g/mol. The Morgan fingerprint density at radius 1 is 1.26 bits per heavy atom. The highest BCUT2D eigenvalue weighted by atomic mass is 16.5. The second-order valence-corrected chi connectivity index (χ2v) is 5.64. The van der Waals surface area contributed by atoms with Gasteiger partial charge in [0.05, 0.1) is 26.2 Å². The van der Waals surface area contributed by atoms with Gasteiger partial charge in [0.1, 0.15) is 12.3 Å². The summed E-state index contributed by atoms with van der Waals surface area (Å²) in [6, 6.07) is 7.42. The van der Waals surface area contributed by atoms with Gasteiger partial charge in [0, 0.05) is 12.3 Å². The minimum Gasteiger partial charge on any atom is -0.497 e. The zero-order valence-electron chi connectivity index (χ0n) is 15.1. The zero-order chi connectivity index (χ0) is 19.8. The Balaban J connectivity index is 2.19. The maximum Gasteiger partial charge on any atom is 0.328 e. The average Bonchev–Trinajstić information content (AvgIpc) is 2.64. The molecule has 0 bridgehead atoms. The lowest BCUT2D eigenvalue weighted by molar-refractivity contribution is -0.143. The molecule has 0 spiro atoms. The molecule has 1 aromatic heterocycles. The van der Waals surface area contributed by atoms with Gasteiger partial charge in [0.2, 0.25) is 5.91 Å². The van der Waals surface area contributed by atoms with Crippen molar-refractivity contribution in [2.75, 3.05) is 13.7 Å². The quantitative estimate of drug-likeness (QED) is 0.643. The van der Waals surface area contributed by atoms with Gasteiger partial charge in [-0.2, -0.15) is 0 Å². The molecule has 0 fully saturated rings. The normalized spacial score (nSPS) is 11.5. The van der Waals surface area contributed by atoms with E-state index in [1.807, 2.05) is 0 Å². The van der Waals surface area contributed by atoms with E-state index in [1.54, 1.807) is 31.2 Å². The summed E-state index contributed by atoms with van der Waals surface area (Å²) in [5, 5.41) is 2.72. The van der Waals surface area contributed by atoms with Gasteiger partial charge in [-0.25, -0.2) is 4.79 Å². The number of H-pyrrole nitrogens is 1. The molecule has 0 radical (unpaired) electrons. The smallest absolute Gasteiger partial charge is 0.328 e. The fourth-order valence-electron chi connectivity index (χ4n) is 2.46. The fourth-order valence-corrected chi connectivity index (χ4v) is 2.46. The lowest BCUT2D eigenvalue weighted by Gasteiger charge is -2.19. The molecule has 0 aliphatic rings. The van der Waals surface area contributed by atoms with Gasteiger partial charge in [-0.05, 0) is 24.6 Å². The van der Waals surface area contributed by atoms with Crippen LogP contribution in [0.25, 0.3) is 0 Å². The predicted octanol–water partition coefficient (Wildman–Crippen LogP) is 0.356. The van der Waals surface area contributed by atoms with Crippen molar-refractivity contribution in [1.29, 1.82) is 0 Å². The first-order valence-electron chi connectivity index (χ1n) is 8.31. The molecule has 0 aliphatic carbocycles. The van der Waals surface area contributed by atoms with Crippen molar-refractivity contribution in [1.82, 2.24) is 14.9 Å². The van der Waals surface area contributed by atoms with Gasteiger partial charge in [-0.1, -0.05) is 12.1 Å². The number of esters is 1. The first kappa shape index (κ1) is 20.0. The van der Waals surface area contributed by atoms with E-state index in [9.17, 15) is 19.2 Å². The Hall–Kier alpha value is -3.36. The number of carbonyl (C=O) groups is 2. The highest BCUT2D eigenvalue weighted by molar-refractivity contribution is 5.78. The van der Waals surface area contributed by atoms with E-state index in [2.05, 4.69) is 10.3 Å². The largest absolute Gasteiger partial charge is 0.497 e. The van der Waals surface area contributed by atoms with E-state index >= 15 is 0 Å². The summed E-state index contributed by atoms with van der Waals surface area (Å²) in [4.78, 5) is 49.2. The van der Waals surface area contributed by atoms with E-state index in [-0.39, 0.29) is 19.6 Å². The van der Waals surface area contributed by atoms with Crippen LogP contribution in [0.3, 0.4) is 0 Å². The summed E-state index contributed by atoms with van der Waals surface area (Å²) in [7, 11) is 1.51. The highest BCUT2D eigenvalue weighted by Gasteiger charge is 2.20. The van der Waals surface area contributed by atoms with Crippen LogP contribution in [-0.2, 0) is 20.9 Å². The molecule has 144 valence electrons. The van der Waals surface area contributed by atoms with Crippen molar-refractivity contribution in [3.8, 4) is 5.75 Å². The van der Waals surface area contributed by atoms with Gasteiger partial charge in [-0.3, -0.25) is 23.9 Å². The minimum atomic E-state index is -0.694. The summed E-state index contributed by atoms with van der Waals surface area (Å²) in [6.45, 7) is 1.61. The molecule has 0 aliphatic heterocycles. The van der Waals surface area contributed by atoms with Crippen LogP contribution in [0.15, 0.2) is 46.1 Å². The predicted molar refractivity (Wildman–Crippen MR) is 96.5 cm³/mol. The molecular formula is C18H21N3O6. The molecule has 1 amide bonds. The van der Waals surface area contributed by atoms with Gasteiger partial charge in [0.25, 0.3) is 5.56 Å². The van der Waals surface area contributed by atoms with Crippen LogP contribution >= 0.6 is 0 Å². The van der Waals surface area contributed by atoms with Crippen molar-refractivity contribution in [2.24, 2.45) is 0 Å². The number of methoxy groups -OCH3 is 1. The van der Waals surface area contributed by atoms with Crippen LogP contribution < -0.4 is 21.3 Å². The topological polar surface area (TPSA) is 119 Å². The van der Waals surface area contributed by atoms with Gasteiger partial charge < -0.3 is 14.8 Å². The molecule has 0 saturated carbocycles. The second-order valence-electron chi connectivity index (χ2n) is 5.64. The summed E-state index contributed by atoms with van der Waals surface area (Å²) in [5.74, 6) is -0.388. The number of carbonyl (C=O) groups excluding carboxylic acids is 2.